The van der Waals surface area contributed by atoms with Gasteiger partial charge in [0.15, 0.2) is 0 Å². The fourth-order valence-electron chi connectivity index (χ4n) is 2.55. The molecule has 0 saturated heterocycles. The van der Waals surface area contributed by atoms with Gasteiger partial charge in [0.2, 0.25) is 0 Å². The number of pyridine rings is 1. The van der Waals surface area contributed by atoms with E-state index < -0.39 is 0 Å². The van der Waals surface area contributed by atoms with E-state index in [2.05, 4.69) is 52.2 Å². The molecular formula is C20H20N2OS2. The van der Waals surface area contributed by atoms with Crippen molar-refractivity contribution < 1.29 is 5.11 Å². The third-order valence-electron chi connectivity index (χ3n) is 3.79. The van der Waals surface area contributed by atoms with Crippen molar-refractivity contribution in [2.75, 3.05) is 6.61 Å². The molecule has 0 spiro atoms. The van der Waals surface area contributed by atoms with Crippen LogP contribution in [0.5, 0.6) is 0 Å². The quantitative estimate of drug-likeness (QED) is 0.667. The number of aliphatic hydroxyl groups is 1. The molecular weight excluding hydrogens is 348 g/mol. The summed E-state index contributed by atoms with van der Waals surface area (Å²) in [6.45, 7) is 4.65. The maximum absolute atomic E-state index is 8.83. The topological polar surface area (TPSA) is 36.4 Å². The van der Waals surface area contributed by atoms with Crippen LogP contribution in [0.25, 0.3) is 0 Å². The van der Waals surface area contributed by atoms with Crippen LogP contribution in [0.15, 0.2) is 47.3 Å². The fourth-order valence-corrected chi connectivity index (χ4v) is 4.35. The van der Waals surface area contributed by atoms with Gasteiger partial charge in [-0.3, -0.25) is 9.88 Å². The molecule has 0 amide bonds. The molecule has 0 saturated carbocycles. The zero-order chi connectivity index (χ0) is 17.5. The molecule has 0 bridgehead atoms. The molecule has 3 aromatic rings. The lowest BCUT2D eigenvalue weighted by molar-refractivity contribution is 0.249. The smallest absolute Gasteiger partial charge is 0.104 e. The summed E-state index contributed by atoms with van der Waals surface area (Å²) >= 11 is 3.52. The Hall–Kier alpha value is -1.97. The number of nitrogens with zero attached hydrogens (tertiary/aromatic N) is 2. The van der Waals surface area contributed by atoms with Gasteiger partial charge in [-0.15, -0.1) is 22.7 Å². The average Bonchev–Trinajstić information content (AvgIpc) is 3.23. The van der Waals surface area contributed by atoms with Crippen molar-refractivity contribution in [2.45, 2.75) is 26.6 Å². The van der Waals surface area contributed by atoms with Crippen molar-refractivity contribution in [3.63, 3.8) is 0 Å². The van der Waals surface area contributed by atoms with E-state index in [4.69, 9.17) is 5.11 Å². The lowest BCUT2D eigenvalue weighted by atomic mass is 10.2. The summed E-state index contributed by atoms with van der Waals surface area (Å²) in [6.07, 6.45) is 1.84. The Morgan fingerprint density at radius 3 is 2.80 bits per heavy atom. The van der Waals surface area contributed by atoms with Crippen molar-refractivity contribution >= 4 is 22.7 Å². The Bertz CT molecular complexity index is 858. The molecule has 3 nitrogen and oxygen atoms in total. The summed E-state index contributed by atoms with van der Waals surface area (Å²) in [7, 11) is 0. The van der Waals surface area contributed by atoms with E-state index in [1.54, 1.807) is 22.7 Å². The number of hydrogen-bond acceptors (Lipinski definition) is 5. The highest BCUT2D eigenvalue weighted by molar-refractivity contribution is 7.10. The molecule has 0 aliphatic heterocycles. The van der Waals surface area contributed by atoms with Crippen LogP contribution >= 0.6 is 22.7 Å². The summed E-state index contributed by atoms with van der Waals surface area (Å²) in [6, 6.07) is 10.3. The maximum atomic E-state index is 8.83. The van der Waals surface area contributed by atoms with E-state index in [0.717, 1.165) is 30.9 Å². The first-order chi connectivity index (χ1) is 12.2. The lowest BCUT2D eigenvalue weighted by Gasteiger charge is -2.21. The monoisotopic (exact) mass is 368 g/mol. The van der Waals surface area contributed by atoms with Gasteiger partial charge in [0.1, 0.15) is 6.61 Å². The van der Waals surface area contributed by atoms with Gasteiger partial charge in [-0.1, -0.05) is 17.9 Å². The molecule has 3 rings (SSSR count). The minimum Gasteiger partial charge on any atom is -0.384 e. The number of aryl methyl sites for hydroxylation is 1. The lowest BCUT2D eigenvalue weighted by Crippen LogP contribution is -2.22. The van der Waals surface area contributed by atoms with Gasteiger partial charge < -0.3 is 5.11 Å². The molecule has 5 heteroatoms. The standard InChI is InChI=1S/C20H20N2OS2/c1-16-7-10-24-20(16)14-22(12-18-6-2-3-8-21-18)13-19-11-17(15-25-19)5-4-9-23/h2-3,6-8,10-11,15,23H,9,12-14H2,1H3. The largest absolute Gasteiger partial charge is 0.384 e. The Morgan fingerprint density at radius 2 is 2.08 bits per heavy atom. The molecule has 0 fully saturated rings. The number of hydrogen-bond donors (Lipinski definition) is 1. The molecule has 0 radical (unpaired) electrons. The molecule has 0 atom stereocenters. The summed E-state index contributed by atoms with van der Waals surface area (Å²) in [5.74, 6) is 5.68. The first-order valence-electron chi connectivity index (χ1n) is 8.07. The van der Waals surface area contributed by atoms with Crippen molar-refractivity contribution in [2.24, 2.45) is 0 Å². The Morgan fingerprint density at radius 1 is 1.16 bits per heavy atom. The van der Waals surface area contributed by atoms with E-state index in [1.165, 1.54) is 15.3 Å². The number of thiophene rings is 2. The van der Waals surface area contributed by atoms with E-state index in [0.29, 0.717) is 0 Å². The van der Waals surface area contributed by atoms with Gasteiger partial charge in [-0.25, -0.2) is 0 Å². The van der Waals surface area contributed by atoms with E-state index >= 15 is 0 Å². The van der Waals surface area contributed by atoms with Crippen molar-refractivity contribution in [3.05, 3.63) is 73.9 Å². The first-order valence-corrected chi connectivity index (χ1v) is 9.83. The number of rotatable bonds is 6. The van der Waals surface area contributed by atoms with Crippen LogP contribution in [-0.4, -0.2) is 21.6 Å². The van der Waals surface area contributed by atoms with Crippen LogP contribution in [0.4, 0.5) is 0 Å². The summed E-state index contributed by atoms with van der Waals surface area (Å²) in [4.78, 5) is 9.55. The second kappa shape index (κ2) is 8.93. The molecule has 0 aliphatic carbocycles. The minimum absolute atomic E-state index is 0.103. The Balaban J connectivity index is 1.75. The predicted octanol–water partition coefficient (Wildman–Crippen LogP) is 4.06. The third-order valence-corrected chi connectivity index (χ3v) is 5.72. The van der Waals surface area contributed by atoms with Crippen LogP contribution in [0.1, 0.15) is 26.6 Å². The molecule has 0 unspecified atom stereocenters. The molecule has 3 aromatic heterocycles. The van der Waals surface area contributed by atoms with Gasteiger partial charge in [-0.2, -0.15) is 0 Å². The molecule has 128 valence electrons. The predicted molar refractivity (Wildman–Crippen MR) is 105 cm³/mol. The third kappa shape index (κ3) is 5.25. The summed E-state index contributed by atoms with van der Waals surface area (Å²) in [5.41, 5.74) is 3.39. The molecule has 3 heterocycles. The van der Waals surface area contributed by atoms with Gasteiger partial charge >= 0.3 is 0 Å². The van der Waals surface area contributed by atoms with Crippen LogP contribution in [0.2, 0.25) is 0 Å². The Labute approximate surface area is 156 Å². The number of aliphatic hydroxyl groups excluding tert-OH is 1. The molecule has 25 heavy (non-hydrogen) atoms. The van der Waals surface area contributed by atoms with Crippen LogP contribution in [-0.2, 0) is 19.6 Å². The molecule has 0 aliphatic rings. The zero-order valence-corrected chi connectivity index (χ0v) is 15.7. The van der Waals surface area contributed by atoms with E-state index in [-0.39, 0.29) is 6.61 Å². The molecule has 1 N–H and O–H groups in total. The highest BCUT2D eigenvalue weighted by Crippen LogP contribution is 2.22. The normalized spacial score (nSPS) is 10.7. The minimum atomic E-state index is -0.103. The number of aromatic nitrogens is 1. The first kappa shape index (κ1) is 17.8. The molecule has 0 aromatic carbocycles. The average molecular weight is 369 g/mol. The SMILES string of the molecule is Cc1ccsc1CN(Cc1ccccn1)Cc1cc(C#CCO)cs1. The van der Waals surface area contributed by atoms with Gasteiger partial charge in [0, 0.05) is 46.5 Å². The highest BCUT2D eigenvalue weighted by Gasteiger charge is 2.12. The van der Waals surface area contributed by atoms with Crippen molar-refractivity contribution in [3.8, 4) is 11.8 Å². The van der Waals surface area contributed by atoms with E-state index in [1.807, 2.05) is 23.7 Å². The second-order valence-electron chi connectivity index (χ2n) is 5.75. The van der Waals surface area contributed by atoms with Gasteiger partial charge in [-0.05, 0) is 42.1 Å². The zero-order valence-electron chi connectivity index (χ0n) is 14.1. The van der Waals surface area contributed by atoms with Gasteiger partial charge in [0.05, 0.1) is 5.69 Å². The fraction of sp³-hybridized carbons (Fsp3) is 0.250. The van der Waals surface area contributed by atoms with Crippen LogP contribution < -0.4 is 0 Å². The summed E-state index contributed by atoms with van der Waals surface area (Å²) in [5, 5.41) is 13.0. The van der Waals surface area contributed by atoms with Crippen LogP contribution in [0.3, 0.4) is 0 Å². The maximum Gasteiger partial charge on any atom is 0.104 e. The van der Waals surface area contributed by atoms with E-state index in [9.17, 15) is 0 Å². The summed E-state index contributed by atoms with van der Waals surface area (Å²) < 4.78 is 0. The Kier molecular flexibility index (Phi) is 6.37. The van der Waals surface area contributed by atoms with Crippen LogP contribution in [0, 0.1) is 18.8 Å². The van der Waals surface area contributed by atoms with Gasteiger partial charge in [0.25, 0.3) is 0 Å². The van der Waals surface area contributed by atoms with Crippen molar-refractivity contribution in [1.29, 1.82) is 0 Å². The second-order valence-corrected chi connectivity index (χ2v) is 7.75. The highest BCUT2D eigenvalue weighted by atomic mass is 32.1. The van der Waals surface area contributed by atoms with Crippen molar-refractivity contribution in [1.82, 2.24) is 9.88 Å².